The molecule has 0 unspecified atom stereocenters. The van der Waals surface area contributed by atoms with E-state index in [9.17, 15) is 9.59 Å². The van der Waals surface area contributed by atoms with Crippen LogP contribution in [0, 0.1) is 5.41 Å². The molecule has 0 atom stereocenters. The Hall–Kier alpha value is -0.710. The molecule has 1 fully saturated rings. The molecule has 0 aliphatic carbocycles. The number of thioether (sulfide) groups is 1. The first-order chi connectivity index (χ1) is 7.41. The highest BCUT2D eigenvalue weighted by atomic mass is 32.2. The molecule has 0 spiro atoms. The van der Waals surface area contributed by atoms with Crippen LogP contribution in [0.5, 0.6) is 0 Å². The molecule has 0 saturated carbocycles. The van der Waals surface area contributed by atoms with Crippen LogP contribution in [-0.4, -0.2) is 46.5 Å². The molecular formula is C11H19NO3S. The predicted octanol–water partition coefficient (Wildman–Crippen LogP) is 1.45. The zero-order chi connectivity index (χ0) is 12.2. The highest BCUT2D eigenvalue weighted by molar-refractivity contribution is 7.99. The summed E-state index contributed by atoms with van der Waals surface area (Å²) in [5, 5.41) is 8.74. The summed E-state index contributed by atoms with van der Waals surface area (Å²) in [7, 11) is 0. The molecular weight excluding hydrogens is 226 g/mol. The molecule has 1 rings (SSSR count). The maximum absolute atomic E-state index is 11.9. The van der Waals surface area contributed by atoms with E-state index in [4.69, 9.17) is 5.11 Å². The van der Waals surface area contributed by atoms with E-state index in [0.29, 0.717) is 6.42 Å². The summed E-state index contributed by atoms with van der Waals surface area (Å²) in [5.41, 5.74) is -0.451. The van der Waals surface area contributed by atoms with Crippen molar-refractivity contribution in [2.75, 3.05) is 24.6 Å². The number of nitrogens with zero attached hydrogens (tertiary/aromatic N) is 1. The van der Waals surface area contributed by atoms with Crippen molar-refractivity contribution in [3.63, 3.8) is 0 Å². The van der Waals surface area contributed by atoms with E-state index in [1.165, 1.54) is 0 Å². The zero-order valence-corrected chi connectivity index (χ0v) is 10.7. The average molecular weight is 245 g/mol. The van der Waals surface area contributed by atoms with Gasteiger partial charge in [-0.1, -0.05) is 13.8 Å². The van der Waals surface area contributed by atoms with Crippen LogP contribution in [0.1, 0.15) is 26.7 Å². The van der Waals surface area contributed by atoms with Gasteiger partial charge in [0.2, 0.25) is 5.91 Å². The van der Waals surface area contributed by atoms with E-state index in [1.54, 1.807) is 0 Å². The van der Waals surface area contributed by atoms with Gasteiger partial charge in [-0.25, -0.2) is 0 Å². The summed E-state index contributed by atoms with van der Waals surface area (Å²) in [6, 6.07) is 0. The molecule has 0 aromatic carbocycles. The Morgan fingerprint density at radius 3 is 2.31 bits per heavy atom. The second kappa shape index (κ2) is 5.57. The minimum atomic E-state index is -0.841. The van der Waals surface area contributed by atoms with Gasteiger partial charge < -0.3 is 10.0 Å². The summed E-state index contributed by atoms with van der Waals surface area (Å²) in [4.78, 5) is 24.4. The van der Waals surface area contributed by atoms with Crippen LogP contribution >= 0.6 is 11.8 Å². The molecule has 0 aromatic rings. The summed E-state index contributed by atoms with van der Waals surface area (Å²) in [6.07, 6.45) is 0.366. The first-order valence-corrected chi connectivity index (χ1v) is 6.63. The number of amides is 1. The van der Waals surface area contributed by atoms with Crippen LogP contribution in [0.4, 0.5) is 0 Å². The van der Waals surface area contributed by atoms with E-state index in [1.807, 2.05) is 30.5 Å². The van der Waals surface area contributed by atoms with Gasteiger partial charge in [0.05, 0.1) is 6.42 Å². The first-order valence-electron chi connectivity index (χ1n) is 5.48. The van der Waals surface area contributed by atoms with E-state index in [-0.39, 0.29) is 12.3 Å². The van der Waals surface area contributed by atoms with Crippen molar-refractivity contribution in [2.24, 2.45) is 5.41 Å². The molecule has 1 saturated heterocycles. The fourth-order valence-corrected chi connectivity index (χ4v) is 2.71. The van der Waals surface area contributed by atoms with Crippen LogP contribution in [0.3, 0.4) is 0 Å². The van der Waals surface area contributed by atoms with E-state index < -0.39 is 11.4 Å². The molecule has 1 aliphatic rings. The minimum Gasteiger partial charge on any atom is -0.481 e. The number of hydrogen-bond donors (Lipinski definition) is 1. The number of carboxylic acid groups (broad SMARTS) is 1. The molecule has 1 N–H and O–H groups in total. The van der Waals surface area contributed by atoms with Gasteiger partial charge in [0.15, 0.2) is 0 Å². The topological polar surface area (TPSA) is 57.6 Å². The summed E-state index contributed by atoms with van der Waals surface area (Å²) in [6.45, 7) is 5.26. The van der Waals surface area contributed by atoms with Gasteiger partial charge in [0, 0.05) is 31.0 Å². The first kappa shape index (κ1) is 13.4. The third-order valence-electron chi connectivity index (χ3n) is 2.62. The Balaban J connectivity index is 2.45. The van der Waals surface area contributed by atoms with Crippen LogP contribution < -0.4 is 0 Å². The maximum Gasteiger partial charge on any atom is 0.303 e. The highest BCUT2D eigenvalue weighted by Gasteiger charge is 2.28. The number of carbonyl (C=O) groups excluding carboxylic acids is 1. The van der Waals surface area contributed by atoms with Gasteiger partial charge in [-0.15, -0.1) is 0 Å². The minimum absolute atomic E-state index is 0.0430. The van der Waals surface area contributed by atoms with E-state index >= 15 is 0 Å². The lowest BCUT2D eigenvalue weighted by Crippen LogP contribution is -2.40. The fraction of sp³-hybridized carbons (Fsp3) is 0.818. The Bertz CT molecular complexity index is 272. The van der Waals surface area contributed by atoms with Crippen LogP contribution in [0.15, 0.2) is 0 Å². The SMILES string of the molecule is CC(C)(CC(=O)O)CC(=O)N1CCSCC1. The van der Waals surface area contributed by atoms with Crippen molar-refractivity contribution >= 4 is 23.6 Å². The smallest absolute Gasteiger partial charge is 0.303 e. The van der Waals surface area contributed by atoms with Crippen LogP contribution in [0.2, 0.25) is 0 Å². The van der Waals surface area contributed by atoms with Crippen molar-refractivity contribution < 1.29 is 14.7 Å². The number of rotatable bonds is 4. The lowest BCUT2D eigenvalue weighted by atomic mass is 9.85. The Morgan fingerprint density at radius 1 is 1.25 bits per heavy atom. The van der Waals surface area contributed by atoms with Gasteiger partial charge in [-0.3, -0.25) is 9.59 Å². The van der Waals surface area contributed by atoms with Gasteiger partial charge >= 0.3 is 5.97 Å². The monoisotopic (exact) mass is 245 g/mol. The van der Waals surface area contributed by atoms with Crippen molar-refractivity contribution in [3.05, 3.63) is 0 Å². The lowest BCUT2D eigenvalue weighted by molar-refractivity contribution is -0.140. The molecule has 1 amide bonds. The largest absolute Gasteiger partial charge is 0.481 e. The van der Waals surface area contributed by atoms with Gasteiger partial charge in [-0.05, 0) is 5.41 Å². The maximum atomic E-state index is 11.9. The van der Waals surface area contributed by atoms with E-state index in [0.717, 1.165) is 24.6 Å². The molecule has 0 aromatic heterocycles. The molecule has 4 nitrogen and oxygen atoms in total. The number of carboxylic acids is 1. The summed E-state index contributed by atoms with van der Waals surface area (Å²) < 4.78 is 0. The average Bonchev–Trinajstić information content (AvgIpc) is 2.16. The highest BCUT2D eigenvalue weighted by Crippen LogP contribution is 2.26. The van der Waals surface area contributed by atoms with Crippen molar-refractivity contribution in [1.29, 1.82) is 0 Å². The van der Waals surface area contributed by atoms with Gasteiger partial charge in [-0.2, -0.15) is 11.8 Å². The quantitative estimate of drug-likeness (QED) is 0.814. The second-order valence-corrected chi connectivity index (χ2v) is 6.13. The molecule has 0 radical (unpaired) electrons. The molecule has 92 valence electrons. The third-order valence-corrected chi connectivity index (χ3v) is 3.57. The molecule has 1 aliphatic heterocycles. The number of aliphatic carboxylic acids is 1. The standard InChI is InChI=1S/C11H19NO3S/c1-11(2,8-10(14)15)7-9(13)12-3-5-16-6-4-12/h3-8H2,1-2H3,(H,14,15). The molecule has 1 heterocycles. The molecule has 0 bridgehead atoms. The van der Waals surface area contributed by atoms with E-state index in [2.05, 4.69) is 0 Å². The van der Waals surface area contributed by atoms with Crippen LogP contribution in [-0.2, 0) is 9.59 Å². The third kappa shape index (κ3) is 4.43. The number of carbonyl (C=O) groups is 2. The second-order valence-electron chi connectivity index (χ2n) is 4.90. The van der Waals surface area contributed by atoms with Gasteiger partial charge in [0.25, 0.3) is 0 Å². The lowest BCUT2D eigenvalue weighted by Gasteiger charge is -2.30. The van der Waals surface area contributed by atoms with Crippen molar-refractivity contribution in [1.82, 2.24) is 4.90 Å². The Labute approximate surface area is 100 Å². The predicted molar refractivity (Wildman–Crippen MR) is 64.6 cm³/mol. The normalized spacial score (nSPS) is 17.2. The fourth-order valence-electron chi connectivity index (χ4n) is 1.81. The van der Waals surface area contributed by atoms with Crippen LogP contribution in [0.25, 0.3) is 0 Å². The molecule has 5 heteroatoms. The van der Waals surface area contributed by atoms with Crippen molar-refractivity contribution in [3.8, 4) is 0 Å². The van der Waals surface area contributed by atoms with Gasteiger partial charge in [0.1, 0.15) is 0 Å². The summed E-state index contributed by atoms with van der Waals surface area (Å²) >= 11 is 1.86. The summed E-state index contributed by atoms with van der Waals surface area (Å²) in [5.74, 6) is 1.23. The zero-order valence-electron chi connectivity index (χ0n) is 9.86. The Kier molecular flexibility index (Phi) is 4.65. The Morgan fingerprint density at radius 2 is 1.81 bits per heavy atom. The van der Waals surface area contributed by atoms with Crippen molar-refractivity contribution in [2.45, 2.75) is 26.7 Å². The molecule has 16 heavy (non-hydrogen) atoms. The number of hydrogen-bond acceptors (Lipinski definition) is 3.